The molecule has 20 heavy (non-hydrogen) atoms. The lowest BCUT2D eigenvalue weighted by Gasteiger charge is -2.10. The number of hydrogen-bond donors (Lipinski definition) is 2. The zero-order valence-corrected chi connectivity index (χ0v) is 11.9. The molecule has 2 rings (SSSR count). The molecule has 0 atom stereocenters. The van der Waals surface area contributed by atoms with E-state index in [0.29, 0.717) is 18.8 Å². The van der Waals surface area contributed by atoms with Gasteiger partial charge in [-0.2, -0.15) is 5.10 Å². The van der Waals surface area contributed by atoms with E-state index in [-0.39, 0.29) is 16.3 Å². The van der Waals surface area contributed by atoms with E-state index in [2.05, 4.69) is 10.4 Å². The Balaban J connectivity index is 2.14. The van der Waals surface area contributed by atoms with Crippen molar-refractivity contribution in [1.29, 1.82) is 0 Å². The van der Waals surface area contributed by atoms with Crippen LogP contribution in [0.5, 0.6) is 5.75 Å². The van der Waals surface area contributed by atoms with Crippen molar-refractivity contribution in [3.8, 4) is 5.75 Å². The molecule has 2 aromatic rings. The topological polar surface area (TPSA) is 67.2 Å². The Hall–Kier alpha value is -2.01. The molecule has 0 bridgehead atoms. The first-order valence-corrected chi connectivity index (χ1v) is 6.77. The summed E-state index contributed by atoms with van der Waals surface area (Å²) >= 11 is 6.05. The molecule has 0 radical (unpaired) electrons. The van der Waals surface area contributed by atoms with Gasteiger partial charge in [0.05, 0.1) is 11.9 Å². The maximum Gasteiger partial charge on any atom is 0.287 e. The maximum absolute atomic E-state index is 11.9. The number of anilines is 1. The monoisotopic (exact) mass is 293 g/mol. The van der Waals surface area contributed by atoms with Crippen molar-refractivity contribution < 1.29 is 5.11 Å². The Morgan fingerprint density at radius 2 is 2.25 bits per heavy atom. The molecule has 6 heteroatoms. The minimum absolute atomic E-state index is 0.133. The molecule has 0 unspecified atom stereocenters. The number of hydrogen-bond acceptors (Lipinski definition) is 4. The van der Waals surface area contributed by atoms with E-state index in [1.54, 1.807) is 24.4 Å². The average Bonchev–Trinajstić information content (AvgIpc) is 2.43. The second kappa shape index (κ2) is 6.43. The van der Waals surface area contributed by atoms with Crippen molar-refractivity contribution in [3.05, 3.63) is 51.4 Å². The summed E-state index contributed by atoms with van der Waals surface area (Å²) in [7, 11) is 0. The van der Waals surface area contributed by atoms with Gasteiger partial charge in [0.25, 0.3) is 5.56 Å². The van der Waals surface area contributed by atoms with Gasteiger partial charge >= 0.3 is 0 Å². The number of phenols is 1. The van der Waals surface area contributed by atoms with Crippen LogP contribution in [0.3, 0.4) is 0 Å². The molecule has 0 saturated carbocycles. The van der Waals surface area contributed by atoms with E-state index < -0.39 is 0 Å². The lowest BCUT2D eigenvalue weighted by Crippen LogP contribution is -2.24. The number of rotatable bonds is 5. The van der Waals surface area contributed by atoms with E-state index in [1.165, 1.54) is 4.68 Å². The molecule has 1 aromatic heterocycles. The van der Waals surface area contributed by atoms with Gasteiger partial charge in [0.2, 0.25) is 0 Å². The van der Waals surface area contributed by atoms with Gasteiger partial charge in [0, 0.05) is 13.1 Å². The molecule has 106 valence electrons. The fraction of sp³-hybridized carbons (Fsp3) is 0.286. The summed E-state index contributed by atoms with van der Waals surface area (Å²) in [6, 6.07) is 6.87. The Morgan fingerprint density at radius 1 is 1.45 bits per heavy atom. The lowest BCUT2D eigenvalue weighted by molar-refractivity contribution is 0.474. The summed E-state index contributed by atoms with van der Waals surface area (Å²) in [4.78, 5) is 11.9. The van der Waals surface area contributed by atoms with Gasteiger partial charge in [-0.3, -0.25) is 4.79 Å². The van der Waals surface area contributed by atoms with Crippen molar-refractivity contribution in [2.24, 2.45) is 0 Å². The average molecular weight is 294 g/mol. The zero-order valence-electron chi connectivity index (χ0n) is 11.1. The van der Waals surface area contributed by atoms with Crippen LogP contribution in [0.4, 0.5) is 5.69 Å². The molecule has 0 saturated heterocycles. The minimum Gasteiger partial charge on any atom is -0.508 e. The summed E-state index contributed by atoms with van der Waals surface area (Å²) in [6.45, 7) is 2.97. The molecule has 0 aliphatic heterocycles. The van der Waals surface area contributed by atoms with E-state index in [9.17, 15) is 9.90 Å². The summed E-state index contributed by atoms with van der Waals surface area (Å²) < 4.78 is 1.35. The number of aryl methyl sites for hydroxylation is 1. The van der Waals surface area contributed by atoms with Crippen molar-refractivity contribution in [2.75, 3.05) is 5.32 Å². The Labute approximate surface area is 121 Å². The van der Waals surface area contributed by atoms with Crippen LogP contribution in [-0.2, 0) is 13.1 Å². The normalized spacial score (nSPS) is 10.5. The van der Waals surface area contributed by atoms with Crippen LogP contribution in [-0.4, -0.2) is 14.9 Å². The molecule has 2 N–H and O–H groups in total. The van der Waals surface area contributed by atoms with Crippen LogP contribution in [0.1, 0.15) is 18.9 Å². The van der Waals surface area contributed by atoms with Gasteiger partial charge in [-0.1, -0.05) is 30.7 Å². The third-order valence-electron chi connectivity index (χ3n) is 2.81. The second-order valence-corrected chi connectivity index (χ2v) is 4.80. The second-order valence-electron chi connectivity index (χ2n) is 4.42. The fourth-order valence-corrected chi connectivity index (χ4v) is 2.04. The highest BCUT2D eigenvalue weighted by atomic mass is 35.5. The predicted octanol–water partition coefficient (Wildman–Crippen LogP) is 2.62. The van der Waals surface area contributed by atoms with Crippen LogP contribution in [0.15, 0.2) is 35.3 Å². The largest absolute Gasteiger partial charge is 0.508 e. The quantitative estimate of drug-likeness (QED) is 0.889. The van der Waals surface area contributed by atoms with Crippen molar-refractivity contribution in [2.45, 2.75) is 26.4 Å². The molecular formula is C14H16ClN3O2. The number of aromatic nitrogens is 2. The standard InChI is InChI=1S/C14H16ClN3O2/c1-2-6-18-14(20)13(15)12(9-17-18)16-8-10-4-3-5-11(19)7-10/h3-5,7,9,16,19H,2,6,8H2,1H3. The number of nitrogens with one attached hydrogen (secondary N) is 1. The van der Waals surface area contributed by atoms with E-state index >= 15 is 0 Å². The molecule has 0 amide bonds. The van der Waals surface area contributed by atoms with Crippen molar-refractivity contribution in [1.82, 2.24) is 9.78 Å². The molecule has 1 aromatic carbocycles. The molecule has 0 spiro atoms. The molecular weight excluding hydrogens is 278 g/mol. The summed E-state index contributed by atoms with van der Waals surface area (Å²) in [5, 5.41) is 16.6. The first-order valence-electron chi connectivity index (χ1n) is 6.39. The number of nitrogens with zero attached hydrogens (tertiary/aromatic N) is 2. The zero-order chi connectivity index (χ0) is 14.5. The predicted molar refractivity (Wildman–Crippen MR) is 79.2 cm³/mol. The number of aromatic hydroxyl groups is 1. The highest BCUT2D eigenvalue weighted by molar-refractivity contribution is 6.32. The number of halogens is 1. The van der Waals surface area contributed by atoms with Gasteiger partial charge in [-0.05, 0) is 24.1 Å². The SMILES string of the molecule is CCCn1ncc(NCc2cccc(O)c2)c(Cl)c1=O. The Kier molecular flexibility index (Phi) is 4.63. The van der Waals surface area contributed by atoms with Gasteiger partial charge < -0.3 is 10.4 Å². The smallest absolute Gasteiger partial charge is 0.287 e. The lowest BCUT2D eigenvalue weighted by atomic mass is 10.2. The molecule has 0 fully saturated rings. The number of phenolic OH excluding ortho intramolecular Hbond substituents is 1. The minimum atomic E-state index is -0.297. The van der Waals surface area contributed by atoms with Gasteiger partial charge in [0.1, 0.15) is 10.8 Å². The van der Waals surface area contributed by atoms with Gasteiger partial charge in [0.15, 0.2) is 0 Å². The fourth-order valence-electron chi connectivity index (χ4n) is 1.82. The van der Waals surface area contributed by atoms with Gasteiger partial charge in [-0.25, -0.2) is 4.68 Å². The van der Waals surface area contributed by atoms with Crippen molar-refractivity contribution >= 4 is 17.3 Å². The van der Waals surface area contributed by atoms with E-state index in [1.807, 2.05) is 13.0 Å². The van der Waals surface area contributed by atoms with Crippen LogP contribution in [0.25, 0.3) is 0 Å². The maximum atomic E-state index is 11.9. The van der Waals surface area contributed by atoms with Crippen LogP contribution in [0, 0.1) is 0 Å². The third kappa shape index (κ3) is 3.30. The first-order chi connectivity index (χ1) is 9.61. The van der Waals surface area contributed by atoms with E-state index in [4.69, 9.17) is 11.6 Å². The summed E-state index contributed by atoms with van der Waals surface area (Å²) in [5.74, 6) is 0.201. The van der Waals surface area contributed by atoms with Crippen LogP contribution >= 0.6 is 11.6 Å². The highest BCUT2D eigenvalue weighted by Gasteiger charge is 2.08. The molecule has 5 nitrogen and oxygen atoms in total. The third-order valence-corrected chi connectivity index (χ3v) is 3.18. The number of benzene rings is 1. The van der Waals surface area contributed by atoms with Crippen molar-refractivity contribution in [3.63, 3.8) is 0 Å². The first kappa shape index (κ1) is 14.4. The highest BCUT2D eigenvalue weighted by Crippen LogP contribution is 2.17. The Morgan fingerprint density at radius 3 is 2.95 bits per heavy atom. The van der Waals surface area contributed by atoms with E-state index in [0.717, 1.165) is 12.0 Å². The molecule has 0 aliphatic rings. The summed E-state index contributed by atoms with van der Waals surface area (Å²) in [5.41, 5.74) is 1.08. The van der Waals surface area contributed by atoms with Crippen LogP contribution < -0.4 is 10.9 Å². The summed E-state index contributed by atoms with van der Waals surface area (Å²) in [6.07, 6.45) is 2.36. The molecule has 0 aliphatic carbocycles. The van der Waals surface area contributed by atoms with Crippen LogP contribution in [0.2, 0.25) is 5.02 Å². The Bertz CT molecular complexity index is 655. The van der Waals surface area contributed by atoms with Gasteiger partial charge in [-0.15, -0.1) is 0 Å². The molecule has 1 heterocycles.